The van der Waals surface area contributed by atoms with Gasteiger partial charge < -0.3 is 14.0 Å². The molecule has 104 valence electrons. The zero-order valence-electron chi connectivity index (χ0n) is 10.2. The molecule has 2 aromatic heterocycles. The highest BCUT2D eigenvalue weighted by Gasteiger charge is 2.20. The van der Waals surface area contributed by atoms with Gasteiger partial charge in [-0.3, -0.25) is 0 Å². The Balaban J connectivity index is 2.03. The third-order valence-electron chi connectivity index (χ3n) is 2.42. The molecule has 0 unspecified atom stereocenters. The zero-order chi connectivity index (χ0) is 13.9. The van der Waals surface area contributed by atoms with Gasteiger partial charge in [0.05, 0.1) is 0 Å². The molecule has 0 aliphatic rings. The van der Waals surface area contributed by atoms with Crippen LogP contribution in [0.5, 0.6) is 0 Å². The van der Waals surface area contributed by atoms with Crippen molar-refractivity contribution >= 4 is 10.0 Å². The third-order valence-corrected chi connectivity index (χ3v) is 3.98. The fourth-order valence-corrected chi connectivity index (χ4v) is 2.78. The summed E-state index contributed by atoms with van der Waals surface area (Å²) in [5, 5.41) is 12.5. The Hall–Kier alpha value is -1.71. The largest absolute Gasteiger partial charge is 0.462 e. The second-order valence-electron chi connectivity index (χ2n) is 3.79. The molecule has 0 aliphatic heterocycles. The molecular formula is C10H13N3O5S. The molecule has 0 atom stereocenters. The smallest absolute Gasteiger partial charge is 0.244 e. The van der Waals surface area contributed by atoms with Crippen LogP contribution in [0.2, 0.25) is 0 Å². The summed E-state index contributed by atoms with van der Waals surface area (Å²) in [4.78, 5) is 3.80. The van der Waals surface area contributed by atoms with Gasteiger partial charge in [0.25, 0.3) is 0 Å². The van der Waals surface area contributed by atoms with Crippen LogP contribution in [0.4, 0.5) is 0 Å². The number of aromatic nitrogens is 2. The van der Waals surface area contributed by atoms with Crippen LogP contribution >= 0.6 is 0 Å². The molecule has 0 aromatic carbocycles. The maximum atomic E-state index is 12.0. The Bertz CT molecular complexity index is 632. The van der Waals surface area contributed by atoms with E-state index in [-0.39, 0.29) is 29.6 Å². The van der Waals surface area contributed by atoms with Gasteiger partial charge in [0, 0.05) is 19.0 Å². The van der Waals surface area contributed by atoms with Crippen molar-refractivity contribution in [1.29, 1.82) is 0 Å². The zero-order valence-corrected chi connectivity index (χ0v) is 11.0. The van der Waals surface area contributed by atoms with Gasteiger partial charge in [-0.1, -0.05) is 5.16 Å². The number of aliphatic hydroxyl groups is 1. The highest BCUT2D eigenvalue weighted by Crippen LogP contribution is 2.19. The third kappa shape index (κ3) is 3.19. The molecular weight excluding hydrogens is 274 g/mol. The van der Waals surface area contributed by atoms with E-state index in [4.69, 9.17) is 9.52 Å². The lowest BCUT2D eigenvalue weighted by Crippen LogP contribution is -2.26. The van der Waals surface area contributed by atoms with Crippen molar-refractivity contribution in [2.45, 2.75) is 24.8 Å². The van der Waals surface area contributed by atoms with Crippen LogP contribution < -0.4 is 4.72 Å². The maximum absolute atomic E-state index is 12.0. The first-order valence-corrected chi connectivity index (χ1v) is 6.96. The van der Waals surface area contributed by atoms with Gasteiger partial charge in [-0.05, 0) is 6.92 Å². The van der Waals surface area contributed by atoms with Gasteiger partial charge in [0.1, 0.15) is 23.0 Å². The molecule has 0 amide bonds. The van der Waals surface area contributed by atoms with Gasteiger partial charge in [-0.2, -0.15) is 4.98 Å². The predicted molar refractivity (Wildman–Crippen MR) is 62.6 cm³/mol. The number of furan rings is 1. The van der Waals surface area contributed by atoms with Crippen molar-refractivity contribution in [3.8, 4) is 0 Å². The number of nitrogens with zero attached hydrogens (tertiary/aromatic N) is 2. The van der Waals surface area contributed by atoms with E-state index in [1.54, 1.807) is 0 Å². The minimum atomic E-state index is -3.67. The molecule has 0 saturated carbocycles. The Morgan fingerprint density at radius 1 is 1.47 bits per heavy atom. The number of rotatable bonds is 6. The SMILES string of the molecule is Cc1oc(CO)cc1S(=O)(=O)NCCc1ncon1. The summed E-state index contributed by atoms with van der Waals surface area (Å²) in [6.45, 7) is 1.31. The Kier molecular flexibility index (Phi) is 3.98. The van der Waals surface area contributed by atoms with Crippen molar-refractivity contribution in [2.75, 3.05) is 6.54 Å². The summed E-state index contributed by atoms with van der Waals surface area (Å²) in [6.07, 6.45) is 1.50. The van der Waals surface area contributed by atoms with Crippen LogP contribution in [0.1, 0.15) is 17.3 Å². The lowest BCUT2D eigenvalue weighted by Gasteiger charge is -2.03. The van der Waals surface area contributed by atoms with Crippen LogP contribution in [0.25, 0.3) is 0 Å². The number of aliphatic hydroxyl groups excluding tert-OH is 1. The molecule has 2 aromatic rings. The molecule has 2 heterocycles. The van der Waals surface area contributed by atoms with E-state index in [1.807, 2.05) is 0 Å². The fourth-order valence-electron chi connectivity index (χ4n) is 1.55. The number of hydrogen-bond acceptors (Lipinski definition) is 7. The average Bonchev–Trinajstić information content (AvgIpc) is 2.98. The first-order chi connectivity index (χ1) is 9.03. The second-order valence-corrected chi connectivity index (χ2v) is 5.52. The maximum Gasteiger partial charge on any atom is 0.244 e. The summed E-state index contributed by atoms with van der Waals surface area (Å²) >= 11 is 0. The van der Waals surface area contributed by atoms with Crippen molar-refractivity contribution in [3.63, 3.8) is 0 Å². The van der Waals surface area contributed by atoms with Crippen LogP contribution in [0.3, 0.4) is 0 Å². The second kappa shape index (κ2) is 5.51. The number of nitrogens with one attached hydrogen (secondary N) is 1. The predicted octanol–water partition coefficient (Wildman–Crippen LogP) is -0.0157. The van der Waals surface area contributed by atoms with Crippen LogP contribution in [-0.4, -0.2) is 30.2 Å². The first kappa shape index (κ1) is 13.7. The van der Waals surface area contributed by atoms with E-state index in [1.165, 1.54) is 19.4 Å². The molecule has 0 radical (unpaired) electrons. The lowest BCUT2D eigenvalue weighted by molar-refractivity contribution is 0.244. The number of hydrogen-bond donors (Lipinski definition) is 2. The molecule has 0 saturated heterocycles. The van der Waals surface area contributed by atoms with E-state index in [0.717, 1.165) is 0 Å². The molecule has 0 bridgehead atoms. The minimum Gasteiger partial charge on any atom is -0.462 e. The van der Waals surface area contributed by atoms with E-state index in [0.29, 0.717) is 12.2 Å². The van der Waals surface area contributed by atoms with Crippen molar-refractivity contribution in [3.05, 3.63) is 29.8 Å². The van der Waals surface area contributed by atoms with E-state index < -0.39 is 10.0 Å². The van der Waals surface area contributed by atoms with Gasteiger partial charge in [0.15, 0.2) is 5.82 Å². The Morgan fingerprint density at radius 2 is 2.26 bits per heavy atom. The fraction of sp³-hybridized carbons (Fsp3) is 0.400. The summed E-state index contributed by atoms with van der Waals surface area (Å²) in [5.74, 6) is 0.856. The lowest BCUT2D eigenvalue weighted by atomic mass is 10.4. The highest BCUT2D eigenvalue weighted by molar-refractivity contribution is 7.89. The molecule has 0 spiro atoms. The molecule has 19 heavy (non-hydrogen) atoms. The molecule has 2 N–H and O–H groups in total. The van der Waals surface area contributed by atoms with E-state index in [9.17, 15) is 8.42 Å². The van der Waals surface area contributed by atoms with Gasteiger partial charge >= 0.3 is 0 Å². The molecule has 9 heteroatoms. The molecule has 0 aliphatic carbocycles. The van der Waals surface area contributed by atoms with Crippen molar-refractivity contribution < 1.29 is 22.5 Å². The average molecular weight is 287 g/mol. The highest BCUT2D eigenvalue weighted by atomic mass is 32.2. The van der Waals surface area contributed by atoms with Gasteiger partial charge in [-0.15, -0.1) is 0 Å². The molecule has 8 nitrogen and oxygen atoms in total. The minimum absolute atomic E-state index is 0.0182. The molecule has 2 rings (SSSR count). The summed E-state index contributed by atoms with van der Waals surface area (Å²) in [5.41, 5.74) is 0. The van der Waals surface area contributed by atoms with Crippen molar-refractivity contribution in [2.24, 2.45) is 0 Å². The Morgan fingerprint density at radius 3 is 2.84 bits per heavy atom. The van der Waals surface area contributed by atoms with Crippen LogP contribution in [-0.2, 0) is 23.1 Å². The standard InChI is InChI=1S/C10H13N3O5S/c1-7-9(4-8(5-14)18-7)19(15,16)12-3-2-10-11-6-17-13-10/h4,6,12,14H,2-3,5H2,1H3. The Labute approximate surface area is 109 Å². The summed E-state index contributed by atoms with van der Waals surface area (Å²) < 4.78 is 36.0. The first-order valence-electron chi connectivity index (χ1n) is 5.48. The molecule has 0 fully saturated rings. The van der Waals surface area contributed by atoms with Crippen LogP contribution in [0.15, 0.2) is 26.3 Å². The number of aryl methyl sites for hydroxylation is 1. The van der Waals surface area contributed by atoms with Gasteiger partial charge in [-0.25, -0.2) is 13.1 Å². The van der Waals surface area contributed by atoms with E-state index >= 15 is 0 Å². The summed E-state index contributed by atoms with van der Waals surface area (Å²) in [6, 6.07) is 1.30. The monoisotopic (exact) mass is 287 g/mol. The number of sulfonamides is 1. The summed E-state index contributed by atoms with van der Waals surface area (Å²) in [7, 11) is -3.67. The topological polar surface area (TPSA) is 118 Å². The van der Waals surface area contributed by atoms with E-state index in [2.05, 4.69) is 19.4 Å². The van der Waals surface area contributed by atoms with Crippen LogP contribution in [0, 0.1) is 6.92 Å². The van der Waals surface area contributed by atoms with Gasteiger partial charge in [0.2, 0.25) is 16.4 Å². The normalized spacial score (nSPS) is 11.9. The van der Waals surface area contributed by atoms with Crippen molar-refractivity contribution in [1.82, 2.24) is 14.9 Å². The quantitative estimate of drug-likeness (QED) is 0.766.